The van der Waals surface area contributed by atoms with Crippen LogP contribution in [0.4, 0.5) is 0 Å². The lowest BCUT2D eigenvalue weighted by Crippen LogP contribution is -2.27. The van der Waals surface area contributed by atoms with Gasteiger partial charge in [-0.25, -0.2) is 19.2 Å². The average Bonchev–Trinajstić information content (AvgIpc) is 3.63. The summed E-state index contributed by atoms with van der Waals surface area (Å²) in [5.74, 6) is -1.73. The fraction of sp³-hybridized carbons (Fsp3) is 0.237. The van der Waals surface area contributed by atoms with Crippen molar-refractivity contribution in [2.75, 3.05) is 0 Å². The maximum Gasteiger partial charge on any atom is 0.347 e. The van der Waals surface area contributed by atoms with Gasteiger partial charge in [-0.2, -0.15) is 0 Å². The van der Waals surface area contributed by atoms with E-state index in [1.165, 1.54) is 24.3 Å². The molecule has 4 aromatic carbocycles. The molecular weight excluding hydrogens is 600 g/mol. The lowest BCUT2D eigenvalue weighted by Gasteiger charge is -2.30. The Labute approximate surface area is 265 Å². The number of esters is 2. The van der Waals surface area contributed by atoms with Gasteiger partial charge in [0.25, 0.3) is 0 Å². The molecule has 0 amide bonds. The Morgan fingerprint density at radius 1 is 0.553 bits per heavy atom. The average molecular weight is 627 g/mol. The molecule has 1 spiro atoms. The highest BCUT2D eigenvalue weighted by Crippen LogP contribution is 2.63. The smallest absolute Gasteiger partial charge is 0.347 e. The second-order valence-corrected chi connectivity index (χ2v) is 14.3. The number of cyclic esters (lactones) is 2. The molecule has 0 saturated carbocycles. The van der Waals surface area contributed by atoms with Crippen molar-refractivity contribution in [1.29, 1.82) is 0 Å². The molecule has 0 fully saturated rings. The van der Waals surface area contributed by atoms with E-state index in [-0.39, 0.29) is 38.5 Å². The molecule has 1 atom stereocenters. The van der Waals surface area contributed by atoms with Crippen LogP contribution in [0.2, 0.25) is 0 Å². The Bertz CT molecular complexity index is 2610. The maximum atomic E-state index is 13.9. The monoisotopic (exact) mass is 626 g/mol. The number of carbonyl (C=O) groups is 3. The predicted molar refractivity (Wildman–Crippen MR) is 170 cm³/mol. The number of rotatable bonds is 2. The van der Waals surface area contributed by atoms with Crippen molar-refractivity contribution < 1.29 is 32.4 Å². The van der Waals surface area contributed by atoms with Crippen molar-refractivity contribution in [1.82, 2.24) is 0 Å². The van der Waals surface area contributed by atoms with Crippen LogP contribution in [0.25, 0.3) is 33.1 Å². The van der Waals surface area contributed by atoms with Gasteiger partial charge in [0.2, 0.25) is 0 Å². The molecule has 232 valence electrons. The fourth-order valence-electron chi connectivity index (χ4n) is 8.52. The second-order valence-electron chi connectivity index (χ2n) is 14.3. The van der Waals surface area contributed by atoms with Crippen LogP contribution in [0.15, 0.2) is 83.5 Å². The van der Waals surface area contributed by atoms with Crippen LogP contribution in [0.3, 0.4) is 0 Å². The first-order valence-electron chi connectivity index (χ1n) is 15.4. The van der Waals surface area contributed by atoms with Crippen molar-refractivity contribution in [3.8, 4) is 0 Å². The summed E-state index contributed by atoms with van der Waals surface area (Å²) in [7, 11) is 0. The van der Waals surface area contributed by atoms with Crippen LogP contribution in [-0.4, -0.2) is 17.7 Å². The van der Waals surface area contributed by atoms with Crippen LogP contribution in [0.1, 0.15) is 99.4 Å². The summed E-state index contributed by atoms with van der Waals surface area (Å²) in [4.78, 5) is 62.4. The molecule has 0 radical (unpaired) electrons. The summed E-state index contributed by atoms with van der Waals surface area (Å²) >= 11 is 0. The summed E-state index contributed by atoms with van der Waals surface area (Å²) in [5.41, 5.74) is 4.69. The van der Waals surface area contributed by atoms with Gasteiger partial charge in [-0.05, 0) is 76.3 Å². The number of carbonyl (C=O) groups excluding carboxylic acids is 3. The maximum absolute atomic E-state index is 13.9. The third-order valence-electron chi connectivity index (χ3n) is 10.4. The van der Waals surface area contributed by atoms with E-state index in [9.17, 15) is 24.0 Å². The van der Waals surface area contributed by atoms with E-state index >= 15 is 0 Å². The Morgan fingerprint density at radius 3 is 1.72 bits per heavy atom. The van der Waals surface area contributed by atoms with E-state index in [2.05, 4.69) is 27.7 Å². The SMILES string of the molecule is CC1(C)CC2(CC(C)(C)c3cc4oc5cc6c(=O)oc(=O)c6cc5oc4cc32)c2cc(C(=O)c3ccc4c(c3)C(=O)OC4=O)ccc21. The van der Waals surface area contributed by atoms with Gasteiger partial charge in [-0.1, -0.05) is 45.9 Å². The highest BCUT2D eigenvalue weighted by atomic mass is 16.6. The molecular formula is C38H26O9. The van der Waals surface area contributed by atoms with Gasteiger partial charge in [0, 0.05) is 28.7 Å². The molecule has 9 rings (SSSR count). The number of fused-ring (bicyclic) bond motifs is 8. The van der Waals surface area contributed by atoms with Crippen molar-refractivity contribution in [2.24, 2.45) is 0 Å². The van der Waals surface area contributed by atoms with Gasteiger partial charge in [0.05, 0.1) is 21.9 Å². The zero-order valence-electron chi connectivity index (χ0n) is 25.9. The van der Waals surface area contributed by atoms with E-state index in [4.69, 9.17) is 18.0 Å². The molecule has 2 aliphatic carbocycles. The number of benzene rings is 4. The van der Waals surface area contributed by atoms with E-state index in [0.29, 0.717) is 33.5 Å². The summed E-state index contributed by atoms with van der Waals surface area (Å²) < 4.78 is 22.1. The Kier molecular flexibility index (Phi) is 5.08. The van der Waals surface area contributed by atoms with E-state index < -0.39 is 28.6 Å². The molecule has 1 aliphatic heterocycles. The van der Waals surface area contributed by atoms with E-state index in [1.807, 2.05) is 30.3 Å². The van der Waals surface area contributed by atoms with Gasteiger partial charge in [-0.15, -0.1) is 0 Å². The number of hydrogen-bond donors (Lipinski definition) is 0. The molecule has 0 saturated heterocycles. The van der Waals surface area contributed by atoms with Crippen molar-refractivity contribution >= 4 is 50.8 Å². The minimum Gasteiger partial charge on any atom is -0.449 e. The Balaban J connectivity index is 1.22. The van der Waals surface area contributed by atoms with Gasteiger partial charge in [-0.3, -0.25) is 4.79 Å². The lowest BCUT2D eigenvalue weighted by atomic mass is 9.72. The van der Waals surface area contributed by atoms with Crippen LogP contribution in [0.5, 0.6) is 0 Å². The first kappa shape index (κ1) is 27.7. The predicted octanol–water partition coefficient (Wildman–Crippen LogP) is 6.84. The van der Waals surface area contributed by atoms with Gasteiger partial charge in [0.1, 0.15) is 0 Å². The molecule has 6 aromatic rings. The highest BCUT2D eigenvalue weighted by Gasteiger charge is 2.56. The fourth-order valence-corrected chi connectivity index (χ4v) is 8.52. The van der Waals surface area contributed by atoms with Crippen LogP contribution >= 0.6 is 0 Å². The summed E-state index contributed by atoms with van der Waals surface area (Å²) in [6.07, 6.45) is 1.58. The molecule has 0 bridgehead atoms. The standard InChI is InChI=1S/C38H26O9/c1-36(2)15-38(25-10-18(6-8-23(25)36)31(39)17-5-7-19-20(9-17)33(41)46-32(19)40)16-37(3,4)24-13-29-30(14-26(24)38)45-28-12-22-21(11-27(28)44-29)34(42)47-35(22)43/h5-14H,15-16H2,1-4H3. The zero-order chi connectivity index (χ0) is 32.8. The van der Waals surface area contributed by atoms with Crippen LogP contribution in [0, 0.1) is 0 Å². The van der Waals surface area contributed by atoms with E-state index in [0.717, 1.165) is 35.1 Å². The molecule has 0 N–H and O–H groups in total. The normalized spacial score (nSPS) is 20.3. The number of furan rings is 1. The first-order valence-corrected chi connectivity index (χ1v) is 15.4. The van der Waals surface area contributed by atoms with Gasteiger partial charge < -0.3 is 18.0 Å². The third-order valence-corrected chi connectivity index (χ3v) is 10.4. The molecule has 47 heavy (non-hydrogen) atoms. The zero-order valence-corrected chi connectivity index (χ0v) is 25.9. The molecule has 3 aliphatic rings. The minimum absolute atomic E-state index is 0.0908. The second kappa shape index (κ2) is 8.61. The van der Waals surface area contributed by atoms with Crippen molar-refractivity contribution in [2.45, 2.75) is 56.8 Å². The number of ketones is 1. The quantitative estimate of drug-likeness (QED) is 0.0877. The number of ether oxygens (including phenoxy) is 1. The topological polar surface area (TPSA) is 134 Å². The summed E-state index contributed by atoms with van der Waals surface area (Å²) in [6, 6.07) is 17.3. The van der Waals surface area contributed by atoms with Crippen LogP contribution in [-0.2, 0) is 21.0 Å². The summed E-state index contributed by atoms with van der Waals surface area (Å²) in [5, 5.41) is 0.278. The van der Waals surface area contributed by atoms with Gasteiger partial charge in [0.15, 0.2) is 28.1 Å². The minimum atomic E-state index is -0.755. The van der Waals surface area contributed by atoms with Crippen molar-refractivity contribution in [3.05, 3.63) is 126 Å². The van der Waals surface area contributed by atoms with Crippen molar-refractivity contribution in [3.63, 3.8) is 0 Å². The van der Waals surface area contributed by atoms with E-state index in [1.54, 1.807) is 6.07 Å². The summed E-state index contributed by atoms with van der Waals surface area (Å²) in [6.45, 7) is 8.82. The Morgan fingerprint density at radius 2 is 1.06 bits per heavy atom. The number of hydrogen-bond acceptors (Lipinski definition) is 9. The van der Waals surface area contributed by atoms with Crippen LogP contribution < -0.4 is 11.3 Å². The molecule has 1 unspecified atom stereocenters. The molecule has 9 heteroatoms. The third kappa shape index (κ3) is 3.62. The molecule has 3 heterocycles. The van der Waals surface area contributed by atoms with Gasteiger partial charge >= 0.3 is 23.2 Å². The highest BCUT2D eigenvalue weighted by molar-refractivity contribution is 6.17. The first-order chi connectivity index (χ1) is 22.3. The lowest BCUT2D eigenvalue weighted by molar-refractivity contribution is 0.0443. The molecule has 9 nitrogen and oxygen atoms in total. The largest absolute Gasteiger partial charge is 0.449 e. The Hall–Kier alpha value is -5.57. The molecule has 2 aromatic heterocycles.